The molecule has 0 aliphatic rings. The Morgan fingerprint density at radius 1 is 1.18 bits per heavy atom. The maximum Gasteiger partial charge on any atom is 0.184 e. The number of hydrogen-bond acceptors (Lipinski definition) is 3. The molecule has 2 heterocycles. The predicted molar refractivity (Wildman–Crippen MR) is 131 cm³/mol. The molecule has 178 valence electrons. The number of rotatable bonds is 7. The van der Waals surface area contributed by atoms with Gasteiger partial charge < -0.3 is 14.4 Å². The van der Waals surface area contributed by atoms with Gasteiger partial charge in [-0.1, -0.05) is 43.1 Å². The van der Waals surface area contributed by atoms with Crippen LogP contribution in [0.3, 0.4) is 0 Å². The lowest BCUT2D eigenvalue weighted by Crippen LogP contribution is -2.22. The Kier molecular flexibility index (Phi) is 7.39. The lowest BCUT2D eigenvalue weighted by Gasteiger charge is -2.15. The molecule has 3 aromatic rings. The maximum absolute atomic E-state index is 15.1. The second-order valence-electron chi connectivity index (χ2n) is 9.81. The van der Waals surface area contributed by atoms with Crippen molar-refractivity contribution >= 4 is 30.6 Å². The summed E-state index contributed by atoms with van der Waals surface area (Å²) in [6.07, 6.45) is 3.48. The summed E-state index contributed by atoms with van der Waals surface area (Å²) >= 11 is 6.43. The van der Waals surface area contributed by atoms with Crippen LogP contribution in [-0.2, 0) is 18.0 Å². The van der Waals surface area contributed by atoms with Gasteiger partial charge in [-0.3, -0.25) is 0 Å². The first-order chi connectivity index (χ1) is 15.3. The van der Waals surface area contributed by atoms with Crippen LogP contribution in [0.25, 0.3) is 22.0 Å². The lowest BCUT2D eigenvalue weighted by molar-refractivity contribution is 0.0786. The highest BCUT2D eigenvalue weighted by Gasteiger charge is 2.22. The first-order valence-corrected chi connectivity index (χ1v) is 15.0. The Bertz CT molecular complexity index is 1230. The van der Waals surface area contributed by atoms with Crippen LogP contribution >= 0.6 is 11.6 Å². The number of benzene rings is 1. The molecule has 0 saturated carbocycles. The fourth-order valence-corrected chi connectivity index (χ4v) is 4.35. The highest BCUT2D eigenvalue weighted by atomic mass is 35.5. The molecule has 0 unspecified atom stereocenters. The number of aliphatic hydroxyl groups is 1. The van der Waals surface area contributed by atoms with Crippen LogP contribution in [0, 0.1) is 23.5 Å². The van der Waals surface area contributed by atoms with Crippen molar-refractivity contribution in [2.75, 3.05) is 6.61 Å². The van der Waals surface area contributed by atoms with Gasteiger partial charge in [-0.2, -0.15) is 5.10 Å². The zero-order chi connectivity index (χ0) is 24.6. The van der Waals surface area contributed by atoms with Gasteiger partial charge in [0, 0.05) is 50.1 Å². The molecular formula is C24H30ClF2N3O2Si. The van der Waals surface area contributed by atoms with Gasteiger partial charge in [-0.05, 0) is 32.9 Å². The van der Waals surface area contributed by atoms with Gasteiger partial charge in [0.1, 0.15) is 12.3 Å². The summed E-state index contributed by atoms with van der Waals surface area (Å²) in [6.45, 7) is 13.0. The van der Waals surface area contributed by atoms with E-state index in [0.29, 0.717) is 29.7 Å². The summed E-state index contributed by atoms with van der Waals surface area (Å²) in [5.41, 5.74) is -0.120. The van der Waals surface area contributed by atoms with Crippen molar-refractivity contribution in [2.24, 2.45) is 0 Å². The Morgan fingerprint density at radius 3 is 2.48 bits per heavy atom. The monoisotopic (exact) mass is 493 g/mol. The number of aromatic nitrogens is 3. The summed E-state index contributed by atoms with van der Waals surface area (Å²) in [5.74, 6) is 3.07. The van der Waals surface area contributed by atoms with Crippen molar-refractivity contribution in [2.45, 2.75) is 65.3 Å². The van der Waals surface area contributed by atoms with Crippen molar-refractivity contribution in [3.05, 3.63) is 40.8 Å². The quantitative estimate of drug-likeness (QED) is 0.253. The van der Waals surface area contributed by atoms with Gasteiger partial charge in [-0.25, -0.2) is 13.5 Å². The lowest BCUT2D eigenvalue weighted by atomic mass is 10.0. The highest BCUT2D eigenvalue weighted by molar-refractivity contribution is 6.76. The van der Waals surface area contributed by atoms with Crippen LogP contribution < -0.4 is 0 Å². The van der Waals surface area contributed by atoms with E-state index in [0.717, 1.165) is 6.04 Å². The first kappa shape index (κ1) is 25.4. The summed E-state index contributed by atoms with van der Waals surface area (Å²) < 4.78 is 38.8. The van der Waals surface area contributed by atoms with Crippen molar-refractivity contribution in [3.63, 3.8) is 0 Å². The molecule has 5 nitrogen and oxygen atoms in total. The van der Waals surface area contributed by atoms with Crippen LogP contribution in [0.4, 0.5) is 8.78 Å². The van der Waals surface area contributed by atoms with Gasteiger partial charge in [0.25, 0.3) is 0 Å². The van der Waals surface area contributed by atoms with Crippen molar-refractivity contribution in [1.82, 2.24) is 14.3 Å². The molecule has 0 atom stereocenters. The molecule has 0 amide bonds. The molecule has 9 heteroatoms. The third-order valence-electron chi connectivity index (χ3n) is 5.11. The van der Waals surface area contributed by atoms with E-state index in [-0.39, 0.29) is 23.0 Å². The van der Waals surface area contributed by atoms with E-state index in [9.17, 15) is 9.50 Å². The average molecular weight is 494 g/mol. The molecule has 1 aromatic carbocycles. The van der Waals surface area contributed by atoms with Crippen molar-refractivity contribution < 1.29 is 18.6 Å². The van der Waals surface area contributed by atoms with Crippen LogP contribution in [0.2, 0.25) is 30.8 Å². The Morgan fingerprint density at radius 2 is 1.88 bits per heavy atom. The van der Waals surface area contributed by atoms with Gasteiger partial charge in [0.05, 0.1) is 11.1 Å². The van der Waals surface area contributed by atoms with E-state index in [1.54, 1.807) is 21.6 Å². The molecule has 33 heavy (non-hydrogen) atoms. The van der Waals surface area contributed by atoms with E-state index < -0.39 is 25.3 Å². The Balaban J connectivity index is 2.03. The average Bonchev–Trinajstić information content (AvgIpc) is 3.25. The molecule has 3 rings (SSSR count). The summed E-state index contributed by atoms with van der Waals surface area (Å²) in [5, 5.41) is 14.9. The molecule has 2 aromatic heterocycles. The Labute approximate surface area is 199 Å². The molecule has 0 saturated heterocycles. The molecule has 0 spiro atoms. The highest BCUT2D eigenvalue weighted by Crippen LogP contribution is 2.37. The fourth-order valence-electron chi connectivity index (χ4n) is 3.35. The molecule has 1 N–H and O–H groups in total. The largest absolute Gasteiger partial charge is 0.378 e. The zero-order valence-corrected chi connectivity index (χ0v) is 21.6. The van der Waals surface area contributed by atoms with E-state index >= 15 is 4.39 Å². The predicted octanol–water partition coefficient (Wildman–Crippen LogP) is 5.89. The Hall–Kier alpha value is -2.18. The minimum atomic E-state index is -1.34. The minimum Gasteiger partial charge on any atom is -0.378 e. The standard InChI is InChI=1S/C24H30ClF2N3O2Si/c1-7-29-13-18(19-14-30(28-23(19)25)15-32-10-11-33(4,5)6)17-12-16(8-9-24(2,3)31)20(26)21(27)22(17)29/h12-14,31H,7,10-11,15H2,1-6H3. The normalized spacial score (nSPS) is 12.3. The van der Waals surface area contributed by atoms with Crippen LogP contribution in [0.15, 0.2) is 18.5 Å². The third kappa shape index (κ3) is 6.04. The third-order valence-corrected chi connectivity index (χ3v) is 7.10. The number of aryl methyl sites for hydroxylation is 1. The second-order valence-corrected chi connectivity index (χ2v) is 15.8. The molecule has 0 radical (unpaired) electrons. The van der Waals surface area contributed by atoms with E-state index in [2.05, 4.69) is 36.6 Å². The van der Waals surface area contributed by atoms with Gasteiger partial charge in [0.15, 0.2) is 16.8 Å². The number of nitrogens with zero attached hydrogens (tertiary/aromatic N) is 3. The topological polar surface area (TPSA) is 52.2 Å². The number of hydrogen-bond donors (Lipinski definition) is 1. The second kappa shape index (κ2) is 9.59. The number of ether oxygens (including phenoxy) is 1. The number of fused-ring (bicyclic) bond motifs is 1. The maximum atomic E-state index is 15.1. The van der Waals surface area contributed by atoms with Crippen LogP contribution in [-0.4, -0.2) is 39.7 Å². The van der Waals surface area contributed by atoms with E-state index in [4.69, 9.17) is 16.3 Å². The van der Waals surface area contributed by atoms with Gasteiger partial charge in [-0.15, -0.1) is 0 Å². The van der Waals surface area contributed by atoms with Crippen molar-refractivity contribution in [1.29, 1.82) is 0 Å². The zero-order valence-electron chi connectivity index (χ0n) is 19.9. The van der Waals surface area contributed by atoms with E-state index in [1.165, 1.54) is 19.9 Å². The molecule has 0 fully saturated rings. The fraction of sp³-hybridized carbons (Fsp3) is 0.458. The van der Waals surface area contributed by atoms with E-state index in [1.807, 2.05) is 6.92 Å². The summed E-state index contributed by atoms with van der Waals surface area (Å²) in [6, 6.07) is 2.53. The molecule has 0 aliphatic carbocycles. The summed E-state index contributed by atoms with van der Waals surface area (Å²) in [4.78, 5) is 0. The molecule has 0 bridgehead atoms. The molecular weight excluding hydrogens is 464 g/mol. The first-order valence-electron chi connectivity index (χ1n) is 10.9. The number of halogens is 3. The van der Waals surface area contributed by atoms with Crippen LogP contribution in [0.1, 0.15) is 26.3 Å². The minimum absolute atomic E-state index is 0.129. The summed E-state index contributed by atoms with van der Waals surface area (Å²) in [7, 11) is -1.20. The van der Waals surface area contributed by atoms with Gasteiger partial charge in [0.2, 0.25) is 0 Å². The van der Waals surface area contributed by atoms with Crippen molar-refractivity contribution in [3.8, 4) is 23.0 Å². The molecule has 0 aliphatic heterocycles. The smallest absolute Gasteiger partial charge is 0.184 e. The van der Waals surface area contributed by atoms with Crippen LogP contribution in [0.5, 0.6) is 0 Å². The SMILES string of the molecule is CCn1cc(-c2cn(COCC[Si](C)(C)C)nc2Cl)c2cc(C#CC(C)(C)O)c(F)c(F)c21. The van der Waals surface area contributed by atoms with Gasteiger partial charge >= 0.3 is 0 Å².